The zero-order valence-corrected chi connectivity index (χ0v) is 14.6. The molecule has 3 heterocycles. The van der Waals surface area contributed by atoms with Gasteiger partial charge in [0.25, 0.3) is 0 Å². The molecule has 8 heteroatoms. The van der Waals surface area contributed by atoms with Gasteiger partial charge in [-0.3, -0.25) is 0 Å². The summed E-state index contributed by atoms with van der Waals surface area (Å²) in [6, 6.07) is 15.4. The fraction of sp³-hybridized carbons (Fsp3) is 0.167. The van der Waals surface area contributed by atoms with Crippen LogP contribution >= 0.6 is 11.3 Å². The molecule has 0 saturated carbocycles. The van der Waals surface area contributed by atoms with Crippen LogP contribution in [0.15, 0.2) is 48.5 Å². The van der Waals surface area contributed by atoms with Crippen LogP contribution in [0.5, 0.6) is 17.2 Å². The van der Waals surface area contributed by atoms with Crippen LogP contribution in [0, 0.1) is 0 Å². The minimum atomic E-state index is -0.361. The minimum Gasteiger partial charge on any atom is -0.497 e. The van der Waals surface area contributed by atoms with Gasteiger partial charge in [-0.25, -0.2) is 0 Å². The number of rotatable bonds is 3. The lowest BCUT2D eigenvalue weighted by molar-refractivity contribution is 0.0836. The molecule has 26 heavy (non-hydrogen) atoms. The van der Waals surface area contributed by atoms with E-state index in [-0.39, 0.29) is 6.10 Å². The van der Waals surface area contributed by atoms with Crippen LogP contribution in [0.1, 0.15) is 11.9 Å². The Labute approximate surface area is 152 Å². The zero-order chi connectivity index (χ0) is 17.5. The Balaban J connectivity index is 1.51. The maximum Gasteiger partial charge on any atom is 0.235 e. The largest absolute Gasteiger partial charge is 0.497 e. The third kappa shape index (κ3) is 2.46. The van der Waals surface area contributed by atoms with E-state index in [4.69, 9.17) is 14.2 Å². The lowest BCUT2D eigenvalue weighted by Crippen LogP contribution is -2.23. The Morgan fingerprint density at radius 3 is 2.88 bits per heavy atom. The fourth-order valence-corrected chi connectivity index (χ4v) is 3.70. The van der Waals surface area contributed by atoms with Gasteiger partial charge in [0.2, 0.25) is 4.96 Å². The number of benzene rings is 2. The second-order valence-electron chi connectivity index (χ2n) is 5.76. The van der Waals surface area contributed by atoms with Gasteiger partial charge in [0.1, 0.15) is 17.4 Å². The van der Waals surface area contributed by atoms with Crippen LogP contribution in [0.2, 0.25) is 0 Å². The van der Waals surface area contributed by atoms with E-state index >= 15 is 0 Å². The van der Waals surface area contributed by atoms with Gasteiger partial charge in [-0.2, -0.15) is 9.61 Å². The second kappa shape index (κ2) is 5.99. The molecule has 0 amide bonds. The van der Waals surface area contributed by atoms with Gasteiger partial charge in [0, 0.05) is 5.56 Å². The van der Waals surface area contributed by atoms with Crippen molar-refractivity contribution in [3.8, 4) is 27.8 Å². The number of ether oxygens (including phenoxy) is 3. The van der Waals surface area contributed by atoms with Crippen molar-refractivity contribution in [2.75, 3.05) is 13.7 Å². The van der Waals surface area contributed by atoms with Crippen molar-refractivity contribution in [3.63, 3.8) is 0 Å². The summed E-state index contributed by atoms with van der Waals surface area (Å²) in [5.74, 6) is 2.85. The predicted octanol–water partition coefficient (Wildman–Crippen LogP) is 3.37. The standard InChI is InChI=1S/C18H14N4O3S/c1-23-12-6-4-5-11(9-12)17-21-22-16(19-20-18(22)26-17)15-10-24-13-7-2-3-8-14(13)25-15/h2-9,15H,10H2,1H3/t15-/m0/s1. The lowest BCUT2D eigenvalue weighted by atomic mass is 10.2. The van der Waals surface area contributed by atoms with Crippen molar-refractivity contribution in [1.29, 1.82) is 0 Å². The number of aromatic nitrogens is 4. The Hall–Kier alpha value is -3.13. The van der Waals surface area contributed by atoms with Crippen LogP contribution in [-0.2, 0) is 0 Å². The highest BCUT2D eigenvalue weighted by molar-refractivity contribution is 7.19. The van der Waals surface area contributed by atoms with E-state index in [1.165, 1.54) is 11.3 Å². The first-order valence-corrected chi connectivity index (χ1v) is 8.88. The number of para-hydroxylation sites is 2. The topological polar surface area (TPSA) is 70.8 Å². The van der Waals surface area contributed by atoms with Crippen molar-refractivity contribution in [2.24, 2.45) is 0 Å². The average molecular weight is 366 g/mol. The maximum atomic E-state index is 6.03. The fourth-order valence-electron chi connectivity index (χ4n) is 2.85. The molecule has 4 aromatic rings. The van der Waals surface area contributed by atoms with Crippen LogP contribution in [-0.4, -0.2) is 33.5 Å². The third-order valence-electron chi connectivity index (χ3n) is 4.13. The molecule has 0 N–H and O–H groups in total. The number of methoxy groups -OCH3 is 1. The Bertz CT molecular complexity index is 1090. The van der Waals surface area contributed by atoms with Crippen molar-refractivity contribution in [2.45, 2.75) is 6.10 Å². The molecule has 0 radical (unpaired) electrons. The predicted molar refractivity (Wildman–Crippen MR) is 96.0 cm³/mol. The van der Waals surface area contributed by atoms with E-state index in [9.17, 15) is 0 Å². The summed E-state index contributed by atoms with van der Waals surface area (Å²) < 4.78 is 18.8. The highest BCUT2D eigenvalue weighted by Crippen LogP contribution is 2.36. The molecule has 1 atom stereocenters. The van der Waals surface area contributed by atoms with Gasteiger partial charge >= 0.3 is 0 Å². The molecule has 0 saturated heterocycles. The van der Waals surface area contributed by atoms with Crippen molar-refractivity contribution in [3.05, 3.63) is 54.4 Å². The summed E-state index contributed by atoms with van der Waals surface area (Å²) in [5.41, 5.74) is 0.969. The van der Waals surface area contributed by atoms with E-state index < -0.39 is 0 Å². The van der Waals surface area contributed by atoms with E-state index in [0.717, 1.165) is 22.1 Å². The van der Waals surface area contributed by atoms with Crippen LogP contribution in [0.25, 0.3) is 15.5 Å². The minimum absolute atomic E-state index is 0.361. The first-order valence-electron chi connectivity index (χ1n) is 8.07. The molecule has 2 aromatic carbocycles. The molecule has 1 aliphatic heterocycles. The van der Waals surface area contributed by atoms with E-state index in [2.05, 4.69) is 15.3 Å². The van der Waals surface area contributed by atoms with E-state index in [1.807, 2.05) is 48.5 Å². The van der Waals surface area contributed by atoms with Crippen molar-refractivity contribution < 1.29 is 14.2 Å². The second-order valence-corrected chi connectivity index (χ2v) is 6.71. The molecular weight excluding hydrogens is 352 g/mol. The molecule has 2 aromatic heterocycles. The monoisotopic (exact) mass is 366 g/mol. The van der Waals surface area contributed by atoms with Gasteiger partial charge in [-0.15, -0.1) is 10.2 Å². The lowest BCUT2D eigenvalue weighted by Gasteiger charge is -2.24. The maximum absolute atomic E-state index is 6.03. The third-order valence-corrected chi connectivity index (χ3v) is 5.08. The molecule has 0 unspecified atom stereocenters. The van der Waals surface area contributed by atoms with Crippen molar-refractivity contribution in [1.82, 2.24) is 19.8 Å². The molecule has 0 aliphatic carbocycles. The molecule has 0 bridgehead atoms. The Morgan fingerprint density at radius 1 is 1.12 bits per heavy atom. The molecule has 5 rings (SSSR count). The van der Waals surface area contributed by atoms with Crippen LogP contribution in [0.4, 0.5) is 0 Å². The summed E-state index contributed by atoms with van der Waals surface area (Å²) in [6.07, 6.45) is -0.361. The van der Waals surface area contributed by atoms with E-state index in [0.29, 0.717) is 23.1 Å². The molecule has 130 valence electrons. The summed E-state index contributed by atoms with van der Waals surface area (Å²) in [6.45, 7) is 0.365. The first-order chi connectivity index (χ1) is 12.8. The van der Waals surface area contributed by atoms with Gasteiger partial charge in [0.15, 0.2) is 23.4 Å². The van der Waals surface area contributed by atoms with E-state index in [1.54, 1.807) is 11.6 Å². The molecule has 0 spiro atoms. The van der Waals surface area contributed by atoms with Gasteiger partial charge in [0.05, 0.1) is 7.11 Å². The number of hydrogen-bond acceptors (Lipinski definition) is 7. The highest BCUT2D eigenvalue weighted by Gasteiger charge is 2.28. The van der Waals surface area contributed by atoms with Gasteiger partial charge in [-0.1, -0.05) is 35.6 Å². The SMILES string of the molecule is COc1cccc(-c2nn3c([C@@H]4COc5ccccc5O4)nnc3s2)c1. The average Bonchev–Trinajstić information content (AvgIpc) is 3.28. The smallest absolute Gasteiger partial charge is 0.235 e. The number of hydrogen-bond donors (Lipinski definition) is 0. The van der Waals surface area contributed by atoms with Crippen LogP contribution in [0.3, 0.4) is 0 Å². The summed E-state index contributed by atoms with van der Waals surface area (Å²) in [5, 5.41) is 14.0. The zero-order valence-electron chi connectivity index (χ0n) is 13.8. The van der Waals surface area contributed by atoms with Crippen LogP contribution < -0.4 is 14.2 Å². The molecular formula is C18H14N4O3S. The summed E-state index contributed by atoms with van der Waals surface area (Å²) in [7, 11) is 1.65. The van der Waals surface area contributed by atoms with Crippen molar-refractivity contribution >= 4 is 16.3 Å². The summed E-state index contributed by atoms with van der Waals surface area (Å²) >= 11 is 1.47. The van der Waals surface area contributed by atoms with Gasteiger partial charge in [-0.05, 0) is 24.3 Å². The normalized spacial score (nSPS) is 16.0. The van der Waals surface area contributed by atoms with Gasteiger partial charge < -0.3 is 14.2 Å². The number of fused-ring (bicyclic) bond motifs is 2. The quantitative estimate of drug-likeness (QED) is 0.554. The molecule has 7 nitrogen and oxygen atoms in total. The summed E-state index contributed by atoms with van der Waals surface area (Å²) in [4.78, 5) is 0.709. The molecule has 1 aliphatic rings. The first kappa shape index (κ1) is 15.2. The molecule has 0 fully saturated rings. The highest BCUT2D eigenvalue weighted by atomic mass is 32.1. The Kier molecular flexibility index (Phi) is 3.49. The number of nitrogens with zero attached hydrogens (tertiary/aromatic N) is 4. The Morgan fingerprint density at radius 2 is 2.00 bits per heavy atom.